The number of rotatable bonds is 3. The van der Waals surface area contributed by atoms with Crippen LogP contribution in [0.4, 0.5) is 0 Å². The molecule has 2 aromatic carbocycles. The molecule has 23 heavy (non-hydrogen) atoms. The fourth-order valence-electron chi connectivity index (χ4n) is 3.19. The number of hydrogen-bond donors (Lipinski definition) is 0. The average molecular weight is 300 g/mol. The Hall–Kier alpha value is -2.45. The zero-order valence-electron chi connectivity index (χ0n) is 13.2. The molecule has 0 spiro atoms. The van der Waals surface area contributed by atoms with E-state index in [4.69, 9.17) is 4.98 Å². The molecule has 4 rings (SSSR count). The highest BCUT2D eigenvalue weighted by molar-refractivity contribution is 5.78. The van der Waals surface area contributed by atoms with Gasteiger partial charge >= 0.3 is 0 Å². The van der Waals surface area contributed by atoms with Gasteiger partial charge in [0.25, 0.3) is 0 Å². The molecule has 2 heterocycles. The lowest BCUT2D eigenvalue weighted by molar-refractivity contribution is 0.291. The molecule has 1 aromatic heterocycles. The summed E-state index contributed by atoms with van der Waals surface area (Å²) in [5.41, 5.74) is 5.06. The van der Waals surface area contributed by atoms with Gasteiger partial charge in [-0.1, -0.05) is 60.7 Å². The third-order valence-corrected chi connectivity index (χ3v) is 4.48. The molecule has 3 aromatic rings. The molecule has 0 saturated heterocycles. The third kappa shape index (κ3) is 3.17. The van der Waals surface area contributed by atoms with Crippen molar-refractivity contribution in [3.63, 3.8) is 0 Å². The molecule has 1 aliphatic heterocycles. The summed E-state index contributed by atoms with van der Waals surface area (Å²) in [7, 11) is 0. The van der Waals surface area contributed by atoms with Gasteiger partial charge in [0.05, 0.1) is 11.2 Å². The molecule has 0 atom stereocenters. The topological polar surface area (TPSA) is 16.1 Å². The minimum atomic E-state index is 0.920. The van der Waals surface area contributed by atoms with Gasteiger partial charge in [-0.2, -0.15) is 0 Å². The Kier molecular flexibility index (Phi) is 3.91. The van der Waals surface area contributed by atoms with E-state index in [-0.39, 0.29) is 0 Å². The van der Waals surface area contributed by atoms with Gasteiger partial charge in [-0.25, -0.2) is 0 Å². The number of benzene rings is 2. The maximum Gasteiger partial charge on any atom is 0.0705 e. The summed E-state index contributed by atoms with van der Waals surface area (Å²) in [6.07, 6.45) is 3.47. The highest BCUT2D eigenvalue weighted by atomic mass is 15.1. The maximum absolute atomic E-state index is 4.78. The first-order valence-electron chi connectivity index (χ1n) is 8.20. The van der Waals surface area contributed by atoms with Gasteiger partial charge in [0.2, 0.25) is 0 Å². The van der Waals surface area contributed by atoms with E-state index in [2.05, 4.69) is 77.7 Å². The molecule has 0 unspecified atom stereocenters. The molecule has 0 N–H and O–H groups in total. The van der Waals surface area contributed by atoms with Crippen molar-refractivity contribution >= 4 is 16.5 Å². The summed E-state index contributed by atoms with van der Waals surface area (Å²) in [6, 6.07) is 23.3. The standard InChI is InChI=1S/C21H20N2/c1-2-6-17(7-3-1)18-12-14-23(15-13-18)16-20-11-10-19-8-4-5-9-21(19)22-20/h1-12H,13-16H2. The number of fused-ring (bicyclic) bond motifs is 1. The van der Waals surface area contributed by atoms with Gasteiger partial charge in [0.15, 0.2) is 0 Å². The van der Waals surface area contributed by atoms with Crippen LogP contribution in [0.5, 0.6) is 0 Å². The Morgan fingerprint density at radius 1 is 0.870 bits per heavy atom. The largest absolute Gasteiger partial charge is 0.294 e. The Balaban J connectivity index is 1.47. The summed E-state index contributed by atoms with van der Waals surface area (Å²) in [5.74, 6) is 0. The first-order chi connectivity index (χ1) is 11.4. The molecule has 0 bridgehead atoms. The molecule has 0 amide bonds. The zero-order valence-corrected chi connectivity index (χ0v) is 13.2. The average Bonchev–Trinajstić information content (AvgIpc) is 2.63. The summed E-state index contributed by atoms with van der Waals surface area (Å²) in [6.45, 7) is 3.01. The van der Waals surface area contributed by atoms with Crippen molar-refractivity contribution in [2.24, 2.45) is 0 Å². The van der Waals surface area contributed by atoms with Gasteiger partial charge < -0.3 is 0 Å². The minimum Gasteiger partial charge on any atom is -0.294 e. The minimum absolute atomic E-state index is 0.920. The highest BCUT2D eigenvalue weighted by Crippen LogP contribution is 2.23. The molecule has 0 saturated carbocycles. The van der Waals surface area contributed by atoms with E-state index in [0.29, 0.717) is 0 Å². The van der Waals surface area contributed by atoms with Crippen molar-refractivity contribution in [3.05, 3.63) is 84.1 Å². The van der Waals surface area contributed by atoms with Gasteiger partial charge in [0, 0.05) is 25.0 Å². The highest BCUT2D eigenvalue weighted by Gasteiger charge is 2.13. The smallest absolute Gasteiger partial charge is 0.0705 e. The molecule has 0 fully saturated rings. The third-order valence-electron chi connectivity index (χ3n) is 4.48. The molecule has 1 aliphatic rings. The summed E-state index contributed by atoms with van der Waals surface area (Å²) in [5, 5.41) is 1.21. The first-order valence-corrected chi connectivity index (χ1v) is 8.20. The Morgan fingerprint density at radius 3 is 2.52 bits per heavy atom. The van der Waals surface area contributed by atoms with Gasteiger partial charge in [-0.15, -0.1) is 0 Å². The van der Waals surface area contributed by atoms with Crippen LogP contribution in [0.1, 0.15) is 17.7 Å². The molecule has 0 aliphatic carbocycles. The van der Waals surface area contributed by atoms with Crippen molar-refractivity contribution in [1.29, 1.82) is 0 Å². The Morgan fingerprint density at radius 2 is 1.70 bits per heavy atom. The number of para-hydroxylation sites is 1. The lowest BCUT2D eigenvalue weighted by Gasteiger charge is -2.26. The van der Waals surface area contributed by atoms with E-state index in [1.807, 2.05) is 0 Å². The van der Waals surface area contributed by atoms with Crippen LogP contribution in [-0.2, 0) is 6.54 Å². The Bertz CT molecular complexity index is 837. The first kappa shape index (κ1) is 14.2. The number of aromatic nitrogens is 1. The molecule has 0 radical (unpaired) electrons. The molecule has 114 valence electrons. The van der Waals surface area contributed by atoms with E-state index in [1.165, 1.54) is 16.5 Å². The summed E-state index contributed by atoms with van der Waals surface area (Å²) in [4.78, 5) is 7.25. The molecule has 2 heteroatoms. The summed E-state index contributed by atoms with van der Waals surface area (Å²) >= 11 is 0. The van der Waals surface area contributed by atoms with E-state index < -0.39 is 0 Å². The van der Waals surface area contributed by atoms with E-state index in [0.717, 1.165) is 37.3 Å². The number of nitrogens with zero attached hydrogens (tertiary/aromatic N) is 2. The summed E-state index contributed by atoms with van der Waals surface area (Å²) < 4.78 is 0. The van der Waals surface area contributed by atoms with Crippen LogP contribution in [0.25, 0.3) is 16.5 Å². The second-order valence-electron chi connectivity index (χ2n) is 6.08. The van der Waals surface area contributed by atoms with Gasteiger partial charge in [0.1, 0.15) is 0 Å². The van der Waals surface area contributed by atoms with Crippen LogP contribution in [0, 0.1) is 0 Å². The fraction of sp³-hybridized carbons (Fsp3) is 0.190. The van der Waals surface area contributed by atoms with Gasteiger partial charge in [-0.3, -0.25) is 9.88 Å². The van der Waals surface area contributed by atoms with Crippen LogP contribution in [0.15, 0.2) is 72.8 Å². The van der Waals surface area contributed by atoms with E-state index >= 15 is 0 Å². The van der Waals surface area contributed by atoms with Crippen molar-refractivity contribution in [2.45, 2.75) is 13.0 Å². The lowest BCUT2D eigenvalue weighted by atomic mass is 9.99. The quantitative estimate of drug-likeness (QED) is 0.707. The predicted octanol–water partition coefficient (Wildman–Crippen LogP) is 4.52. The lowest BCUT2D eigenvalue weighted by Crippen LogP contribution is -2.28. The fourth-order valence-corrected chi connectivity index (χ4v) is 3.19. The van der Waals surface area contributed by atoms with Crippen molar-refractivity contribution < 1.29 is 0 Å². The second kappa shape index (κ2) is 6.35. The number of hydrogen-bond acceptors (Lipinski definition) is 2. The van der Waals surface area contributed by atoms with Crippen LogP contribution in [-0.4, -0.2) is 23.0 Å². The second-order valence-corrected chi connectivity index (χ2v) is 6.08. The van der Waals surface area contributed by atoms with Crippen molar-refractivity contribution in [3.8, 4) is 0 Å². The SMILES string of the molecule is C1=C(c2ccccc2)CCN(Cc2ccc3ccccc3n2)C1. The zero-order chi connectivity index (χ0) is 15.5. The Labute approximate surface area is 137 Å². The van der Waals surface area contributed by atoms with E-state index in [1.54, 1.807) is 0 Å². The van der Waals surface area contributed by atoms with Crippen LogP contribution in [0.3, 0.4) is 0 Å². The maximum atomic E-state index is 4.78. The van der Waals surface area contributed by atoms with Crippen LogP contribution in [0.2, 0.25) is 0 Å². The monoisotopic (exact) mass is 300 g/mol. The van der Waals surface area contributed by atoms with Gasteiger partial charge in [-0.05, 0) is 29.7 Å². The van der Waals surface area contributed by atoms with E-state index in [9.17, 15) is 0 Å². The predicted molar refractivity (Wildman–Crippen MR) is 96.1 cm³/mol. The molecular weight excluding hydrogens is 280 g/mol. The van der Waals surface area contributed by atoms with Crippen LogP contribution < -0.4 is 0 Å². The van der Waals surface area contributed by atoms with Crippen molar-refractivity contribution in [1.82, 2.24) is 9.88 Å². The molecular formula is C21H20N2. The van der Waals surface area contributed by atoms with Crippen LogP contribution >= 0.6 is 0 Å². The normalized spacial score (nSPS) is 15.6. The number of pyridine rings is 1. The van der Waals surface area contributed by atoms with Crippen molar-refractivity contribution in [2.75, 3.05) is 13.1 Å². The molecule has 2 nitrogen and oxygen atoms in total.